The minimum atomic E-state index is -0.458. The van der Waals surface area contributed by atoms with E-state index in [0.29, 0.717) is 5.69 Å². The number of halogens is 1. The predicted molar refractivity (Wildman–Crippen MR) is 33.8 cm³/mol. The second-order valence-electron chi connectivity index (χ2n) is 2.14. The molecular formula is C6H9FN2O. The molecule has 0 spiro atoms. The van der Waals surface area contributed by atoms with Gasteiger partial charge in [-0.05, 0) is 6.92 Å². The Morgan fingerprint density at radius 3 is 2.50 bits per heavy atom. The lowest BCUT2D eigenvalue weighted by molar-refractivity contribution is 0.273. The Morgan fingerprint density at radius 1 is 1.70 bits per heavy atom. The number of aromatic nitrogens is 2. The minimum Gasteiger partial charge on any atom is -0.391 e. The lowest BCUT2D eigenvalue weighted by atomic mass is 10.3. The van der Waals surface area contributed by atoms with Crippen LogP contribution in [0.3, 0.4) is 0 Å². The van der Waals surface area contributed by atoms with Gasteiger partial charge in [0.1, 0.15) is 0 Å². The van der Waals surface area contributed by atoms with Crippen molar-refractivity contribution in [1.82, 2.24) is 9.78 Å². The van der Waals surface area contributed by atoms with E-state index in [4.69, 9.17) is 5.11 Å². The summed E-state index contributed by atoms with van der Waals surface area (Å²) in [6, 6.07) is 0. The van der Waals surface area contributed by atoms with Gasteiger partial charge in [0.15, 0.2) is 0 Å². The molecule has 0 amide bonds. The number of hydrogen-bond donors (Lipinski definition) is 1. The van der Waals surface area contributed by atoms with Crippen molar-refractivity contribution in [2.24, 2.45) is 7.05 Å². The summed E-state index contributed by atoms with van der Waals surface area (Å²) in [6.45, 7) is 1.38. The van der Waals surface area contributed by atoms with Gasteiger partial charge in [0.05, 0.1) is 17.9 Å². The normalized spacial score (nSPS) is 10.4. The van der Waals surface area contributed by atoms with Crippen LogP contribution in [-0.4, -0.2) is 14.9 Å². The summed E-state index contributed by atoms with van der Waals surface area (Å²) in [5.74, 6) is -0.458. The van der Waals surface area contributed by atoms with Crippen LogP contribution >= 0.6 is 0 Å². The highest BCUT2D eigenvalue weighted by Crippen LogP contribution is 2.09. The molecule has 1 aromatic heterocycles. The van der Waals surface area contributed by atoms with Crippen molar-refractivity contribution < 1.29 is 9.50 Å². The fourth-order valence-electron chi connectivity index (χ4n) is 0.853. The smallest absolute Gasteiger partial charge is 0.217 e. The molecule has 0 radical (unpaired) electrons. The van der Waals surface area contributed by atoms with Crippen molar-refractivity contribution in [2.75, 3.05) is 0 Å². The fourth-order valence-corrected chi connectivity index (χ4v) is 0.853. The molecule has 0 aromatic carbocycles. The van der Waals surface area contributed by atoms with E-state index in [1.807, 2.05) is 0 Å². The van der Waals surface area contributed by atoms with E-state index in [2.05, 4.69) is 5.10 Å². The van der Waals surface area contributed by atoms with Gasteiger partial charge in [-0.25, -0.2) is 4.68 Å². The molecule has 1 rings (SSSR count). The number of aliphatic hydroxyl groups excluding tert-OH is 1. The zero-order valence-electron chi connectivity index (χ0n) is 5.93. The summed E-state index contributed by atoms with van der Waals surface area (Å²) in [6.07, 6.45) is 0. The van der Waals surface area contributed by atoms with Crippen molar-refractivity contribution in [3.8, 4) is 0 Å². The van der Waals surface area contributed by atoms with Crippen molar-refractivity contribution in [1.29, 1.82) is 0 Å². The fraction of sp³-hybridized carbons (Fsp3) is 0.500. The van der Waals surface area contributed by atoms with Crippen molar-refractivity contribution in [3.05, 3.63) is 17.2 Å². The first-order valence-electron chi connectivity index (χ1n) is 2.95. The molecule has 3 nitrogen and oxygen atoms in total. The standard InChI is InChI=1S/C6H9FN2O/c1-4-5(3-10)6(7)9(2)8-4/h10H,3H2,1-2H3. The molecule has 0 aliphatic heterocycles. The molecule has 0 aliphatic rings. The Balaban J connectivity index is 3.20. The van der Waals surface area contributed by atoms with Crippen LogP contribution in [0.4, 0.5) is 4.39 Å². The zero-order chi connectivity index (χ0) is 7.72. The Hall–Kier alpha value is -0.900. The molecule has 4 heteroatoms. The van der Waals surface area contributed by atoms with Crippen LogP contribution in [0.5, 0.6) is 0 Å². The van der Waals surface area contributed by atoms with Gasteiger partial charge >= 0.3 is 0 Å². The highest BCUT2D eigenvalue weighted by molar-refractivity contribution is 5.15. The predicted octanol–water partition coefficient (Wildman–Crippen LogP) is 0.360. The van der Waals surface area contributed by atoms with Gasteiger partial charge in [0, 0.05) is 7.05 Å². The number of hydrogen-bond acceptors (Lipinski definition) is 2. The molecule has 1 aromatic rings. The van der Waals surface area contributed by atoms with E-state index in [9.17, 15) is 4.39 Å². The van der Waals surface area contributed by atoms with Crippen LogP contribution in [0.1, 0.15) is 11.3 Å². The van der Waals surface area contributed by atoms with Crippen LogP contribution in [-0.2, 0) is 13.7 Å². The number of rotatable bonds is 1. The van der Waals surface area contributed by atoms with Gasteiger partial charge in [0.2, 0.25) is 5.95 Å². The maximum absolute atomic E-state index is 12.8. The van der Waals surface area contributed by atoms with E-state index in [-0.39, 0.29) is 12.2 Å². The lowest BCUT2D eigenvalue weighted by Gasteiger charge is -1.89. The van der Waals surface area contributed by atoms with Gasteiger partial charge in [-0.3, -0.25) is 0 Å². The van der Waals surface area contributed by atoms with Crippen LogP contribution in [0.2, 0.25) is 0 Å². The molecular weight excluding hydrogens is 135 g/mol. The maximum atomic E-state index is 12.8. The number of aryl methyl sites for hydroxylation is 2. The SMILES string of the molecule is Cc1nn(C)c(F)c1CO. The molecule has 0 bridgehead atoms. The third-order valence-electron chi connectivity index (χ3n) is 1.43. The van der Waals surface area contributed by atoms with E-state index >= 15 is 0 Å². The van der Waals surface area contributed by atoms with Crippen LogP contribution in [0.25, 0.3) is 0 Å². The van der Waals surface area contributed by atoms with Gasteiger partial charge in [-0.15, -0.1) is 0 Å². The number of nitrogens with zero attached hydrogens (tertiary/aromatic N) is 2. The third-order valence-corrected chi connectivity index (χ3v) is 1.43. The Labute approximate surface area is 58.1 Å². The molecule has 0 fully saturated rings. The monoisotopic (exact) mass is 144 g/mol. The molecule has 10 heavy (non-hydrogen) atoms. The van der Waals surface area contributed by atoms with Crippen LogP contribution in [0, 0.1) is 12.9 Å². The Bertz CT molecular complexity index is 244. The Morgan fingerprint density at radius 2 is 2.30 bits per heavy atom. The first-order valence-corrected chi connectivity index (χ1v) is 2.95. The lowest BCUT2D eigenvalue weighted by Crippen LogP contribution is -1.95. The summed E-state index contributed by atoms with van der Waals surface area (Å²) in [4.78, 5) is 0. The average molecular weight is 144 g/mol. The first-order chi connectivity index (χ1) is 4.66. The first kappa shape index (κ1) is 7.21. The van der Waals surface area contributed by atoms with Gasteiger partial charge in [-0.2, -0.15) is 9.49 Å². The molecule has 0 saturated carbocycles. The second-order valence-corrected chi connectivity index (χ2v) is 2.14. The van der Waals surface area contributed by atoms with Crippen molar-refractivity contribution in [3.63, 3.8) is 0 Å². The van der Waals surface area contributed by atoms with Crippen LogP contribution in [0.15, 0.2) is 0 Å². The van der Waals surface area contributed by atoms with E-state index in [1.165, 1.54) is 7.05 Å². The molecule has 0 aliphatic carbocycles. The molecule has 0 atom stereocenters. The van der Waals surface area contributed by atoms with Gasteiger partial charge in [0.25, 0.3) is 0 Å². The Kier molecular flexibility index (Phi) is 1.72. The summed E-state index contributed by atoms with van der Waals surface area (Å²) < 4.78 is 13.9. The summed E-state index contributed by atoms with van der Waals surface area (Å²) in [7, 11) is 1.50. The summed E-state index contributed by atoms with van der Waals surface area (Å²) >= 11 is 0. The van der Waals surface area contributed by atoms with Gasteiger partial charge in [-0.1, -0.05) is 0 Å². The summed E-state index contributed by atoms with van der Waals surface area (Å²) in [5.41, 5.74) is 0.824. The topological polar surface area (TPSA) is 38.0 Å². The average Bonchev–Trinajstić information content (AvgIpc) is 2.09. The molecule has 1 heterocycles. The molecule has 0 saturated heterocycles. The van der Waals surface area contributed by atoms with Crippen LogP contribution < -0.4 is 0 Å². The van der Waals surface area contributed by atoms with E-state index in [0.717, 1.165) is 4.68 Å². The zero-order valence-corrected chi connectivity index (χ0v) is 5.93. The third kappa shape index (κ3) is 0.903. The van der Waals surface area contributed by atoms with Crippen molar-refractivity contribution in [2.45, 2.75) is 13.5 Å². The number of aliphatic hydroxyl groups is 1. The molecule has 56 valence electrons. The van der Waals surface area contributed by atoms with E-state index in [1.54, 1.807) is 6.92 Å². The van der Waals surface area contributed by atoms with Gasteiger partial charge < -0.3 is 5.11 Å². The quantitative estimate of drug-likeness (QED) is 0.618. The van der Waals surface area contributed by atoms with Crippen molar-refractivity contribution >= 4 is 0 Å². The summed E-state index contributed by atoms with van der Waals surface area (Å²) in [5, 5.41) is 12.4. The minimum absolute atomic E-state index is 0.280. The molecule has 1 N–H and O–H groups in total. The van der Waals surface area contributed by atoms with E-state index < -0.39 is 5.95 Å². The largest absolute Gasteiger partial charge is 0.391 e. The highest BCUT2D eigenvalue weighted by Gasteiger charge is 2.10. The highest BCUT2D eigenvalue weighted by atomic mass is 19.1. The second kappa shape index (κ2) is 2.38. The maximum Gasteiger partial charge on any atom is 0.217 e. The molecule has 0 unspecified atom stereocenters.